The lowest BCUT2D eigenvalue weighted by Gasteiger charge is -2.29. The summed E-state index contributed by atoms with van der Waals surface area (Å²) in [4.78, 5) is 12.1. The molecule has 19 heavy (non-hydrogen) atoms. The minimum absolute atomic E-state index is 0.437. The van der Waals surface area contributed by atoms with Crippen LogP contribution in [0, 0.1) is 0 Å². The van der Waals surface area contributed by atoms with Gasteiger partial charge in [-0.05, 0) is 25.1 Å². The summed E-state index contributed by atoms with van der Waals surface area (Å²) in [6, 6.07) is 4.97. The van der Waals surface area contributed by atoms with Crippen LogP contribution in [0.1, 0.15) is 12.5 Å². The maximum absolute atomic E-state index is 12.1. The molecule has 4 nitrogen and oxygen atoms in total. The molecule has 0 radical (unpaired) electrons. The van der Waals surface area contributed by atoms with E-state index in [0.717, 1.165) is 0 Å². The van der Waals surface area contributed by atoms with Crippen molar-refractivity contribution in [1.29, 1.82) is 0 Å². The van der Waals surface area contributed by atoms with Crippen LogP contribution in [-0.4, -0.2) is 33.3 Å². The van der Waals surface area contributed by atoms with E-state index in [4.69, 9.17) is 32.7 Å². The summed E-state index contributed by atoms with van der Waals surface area (Å²) in [5.41, 5.74) is -0.500. The second kappa shape index (κ2) is 7.10. The van der Waals surface area contributed by atoms with Gasteiger partial charge in [-0.3, -0.25) is 5.32 Å². The van der Waals surface area contributed by atoms with Crippen LogP contribution in [-0.2, 0) is 19.8 Å². The standard InChI is InChI=1S/C13H17Cl2NO3/c1-13(12(17)19-3,16-6-7-18-2)10-8-9(14)4-5-11(10)15/h4-5,8,16H,6-7H2,1-3H3. The molecule has 0 bridgehead atoms. The lowest BCUT2D eigenvalue weighted by Crippen LogP contribution is -2.48. The van der Waals surface area contributed by atoms with Gasteiger partial charge in [0.1, 0.15) is 5.54 Å². The van der Waals surface area contributed by atoms with Crippen molar-refractivity contribution in [3.05, 3.63) is 33.8 Å². The molecule has 0 fully saturated rings. The highest BCUT2D eigenvalue weighted by Gasteiger charge is 2.37. The number of hydrogen-bond donors (Lipinski definition) is 1. The van der Waals surface area contributed by atoms with Crippen molar-refractivity contribution in [2.24, 2.45) is 0 Å². The maximum Gasteiger partial charge on any atom is 0.330 e. The third-order valence-electron chi connectivity index (χ3n) is 2.85. The molecule has 1 N–H and O–H groups in total. The number of ether oxygens (including phenoxy) is 2. The minimum atomic E-state index is -1.07. The summed E-state index contributed by atoms with van der Waals surface area (Å²) in [6.07, 6.45) is 0. The molecule has 0 heterocycles. The van der Waals surface area contributed by atoms with Crippen LogP contribution in [0.2, 0.25) is 10.0 Å². The highest BCUT2D eigenvalue weighted by Crippen LogP contribution is 2.31. The van der Waals surface area contributed by atoms with Crippen molar-refractivity contribution < 1.29 is 14.3 Å². The van der Waals surface area contributed by atoms with Gasteiger partial charge in [-0.2, -0.15) is 0 Å². The first-order valence-corrected chi connectivity index (χ1v) is 6.49. The average Bonchev–Trinajstić information content (AvgIpc) is 2.40. The van der Waals surface area contributed by atoms with E-state index < -0.39 is 11.5 Å². The fourth-order valence-electron chi connectivity index (χ4n) is 1.77. The monoisotopic (exact) mass is 305 g/mol. The maximum atomic E-state index is 12.1. The van der Waals surface area contributed by atoms with Gasteiger partial charge in [0.25, 0.3) is 0 Å². The highest BCUT2D eigenvalue weighted by molar-refractivity contribution is 6.33. The number of nitrogens with one attached hydrogen (secondary N) is 1. The highest BCUT2D eigenvalue weighted by atomic mass is 35.5. The van der Waals surface area contributed by atoms with E-state index in [1.165, 1.54) is 7.11 Å². The minimum Gasteiger partial charge on any atom is -0.467 e. The molecule has 1 unspecified atom stereocenters. The first kappa shape index (κ1) is 16.2. The van der Waals surface area contributed by atoms with E-state index in [2.05, 4.69) is 5.32 Å². The van der Waals surface area contributed by atoms with Crippen molar-refractivity contribution in [1.82, 2.24) is 5.32 Å². The predicted molar refractivity (Wildman–Crippen MR) is 75.7 cm³/mol. The fraction of sp³-hybridized carbons (Fsp3) is 0.462. The second-order valence-electron chi connectivity index (χ2n) is 4.16. The summed E-state index contributed by atoms with van der Waals surface area (Å²) in [6.45, 7) is 2.64. The first-order valence-electron chi connectivity index (χ1n) is 5.73. The topological polar surface area (TPSA) is 47.6 Å². The number of carbonyl (C=O) groups is 1. The lowest BCUT2D eigenvalue weighted by atomic mass is 9.92. The predicted octanol–water partition coefficient (Wildman–Crippen LogP) is 2.62. The Labute approximate surface area is 123 Å². The molecule has 106 valence electrons. The van der Waals surface area contributed by atoms with Gasteiger partial charge in [0, 0.05) is 29.3 Å². The van der Waals surface area contributed by atoms with E-state index in [0.29, 0.717) is 28.8 Å². The van der Waals surface area contributed by atoms with Crippen LogP contribution < -0.4 is 5.32 Å². The number of esters is 1. The van der Waals surface area contributed by atoms with E-state index in [9.17, 15) is 4.79 Å². The molecule has 0 aliphatic rings. The molecule has 0 aliphatic heterocycles. The number of hydrogen-bond acceptors (Lipinski definition) is 4. The number of methoxy groups -OCH3 is 2. The Hall–Kier alpha value is -0.810. The van der Waals surface area contributed by atoms with E-state index in [-0.39, 0.29) is 0 Å². The van der Waals surface area contributed by atoms with E-state index >= 15 is 0 Å². The third kappa shape index (κ3) is 3.83. The van der Waals surface area contributed by atoms with Gasteiger partial charge in [0.05, 0.1) is 13.7 Å². The number of halogens is 2. The molecule has 0 aliphatic carbocycles. The molecule has 1 aromatic carbocycles. The van der Waals surface area contributed by atoms with Crippen molar-refractivity contribution in [3.8, 4) is 0 Å². The number of carbonyl (C=O) groups excluding carboxylic acids is 1. The zero-order valence-corrected chi connectivity index (χ0v) is 12.6. The SMILES string of the molecule is COCCNC(C)(C(=O)OC)c1cc(Cl)ccc1Cl. The third-order valence-corrected chi connectivity index (χ3v) is 3.41. The van der Waals surface area contributed by atoms with Crippen molar-refractivity contribution in [2.45, 2.75) is 12.5 Å². The van der Waals surface area contributed by atoms with Gasteiger partial charge < -0.3 is 9.47 Å². The van der Waals surface area contributed by atoms with Crippen molar-refractivity contribution in [2.75, 3.05) is 27.4 Å². The van der Waals surface area contributed by atoms with Crippen LogP contribution in [0.15, 0.2) is 18.2 Å². The summed E-state index contributed by atoms with van der Waals surface area (Å²) in [5.74, 6) is -0.437. The fourth-order valence-corrected chi connectivity index (χ4v) is 2.24. The molecule has 1 aromatic rings. The Morgan fingerprint density at radius 3 is 2.63 bits per heavy atom. The van der Waals surface area contributed by atoms with E-state index in [1.54, 1.807) is 32.2 Å². The molecule has 1 atom stereocenters. The quantitative estimate of drug-likeness (QED) is 0.648. The number of rotatable bonds is 6. The molecule has 6 heteroatoms. The summed E-state index contributed by atoms with van der Waals surface area (Å²) < 4.78 is 9.82. The van der Waals surface area contributed by atoms with Gasteiger partial charge in [-0.1, -0.05) is 23.2 Å². The van der Waals surface area contributed by atoms with Gasteiger partial charge in [0.2, 0.25) is 0 Å². The largest absolute Gasteiger partial charge is 0.467 e. The average molecular weight is 306 g/mol. The summed E-state index contributed by atoms with van der Waals surface area (Å²) in [5, 5.41) is 4.04. The molecule has 1 rings (SSSR count). The summed E-state index contributed by atoms with van der Waals surface area (Å²) in [7, 11) is 2.92. The molecule has 0 amide bonds. The van der Waals surface area contributed by atoms with Crippen LogP contribution in [0.4, 0.5) is 0 Å². The molecular weight excluding hydrogens is 289 g/mol. The lowest BCUT2D eigenvalue weighted by molar-refractivity contribution is -0.148. The van der Waals surface area contributed by atoms with Crippen molar-refractivity contribution >= 4 is 29.2 Å². The number of benzene rings is 1. The second-order valence-corrected chi connectivity index (χ2v) is 5.00. The Balaban J connectivity index is 3.14. The van der Waals surface area contributed by atoms with Crippen LogP contribution in [0.3, 0.4) is 0 Å². The molecule has 0 spiro atoms. The van der Waals surface area contributed by atoms with Crippen LogP contribution >= 0.6 is 23.2 Å². The zero-order chi connectivity index (χ0) is 14.5. The van der Waals surface area contributed by atoms with Gasteiger partial charge in [0.15, 0.2) is 0 Å². The Morgan fingerprint density at radius 1 is 1.37 bits per heavy atom. The Morgan fingerprint density at radius 2 is 2.05 bits per heavy atom. The molecule has 0 saturated carbocycles. The van der Waals surface area contributed by atoms with Gasteiger partial charge in [-0.25, -0.2) is 4.79 Å². The summed E-state index contributed by atoms with van der Waals surface area (Å²) >= 11 is 12.1. The van der Waals surface area contributed by atoms with Gasteiger partial charge in [-0.15, -0.1) is 0 Å². The normalized spacial score (nSPS) is 13.9. The van der Waals surface area contributed by atoms with Crippen LogP contribution in [0.25, 0.3) is 0 Å². The zero-order valence-electron chi connectivity index (χ0n) is 11.1. The van der Waals surface area contributed by atoms with E-state index in [1.807, 2.05) is 0 Å². The Kier molecular flexibility index (Phi) is 6.07. The smallest absolute Gasteiger partial charge is 0.330 e. The van der Waals surface area contributed by atoms with Gasteiger partial charge >= 0.3 is 5.97 Å². The molecule has 0 saturated heterocycles. The Bertz CT molecular complexity index is 454. The first-order chi connectivity index (χ1) is 8.95. The molecule has 0 aromatic heterocycles. The molecular formula is C13H17Cl2NO3. The van der Waals surface area contributed by atoms with Crippen LogP contribution in [0.5, 0.6) is 0 Å². The van der Waals surface area contributed by atoms with Crippen molar-refractivity contribution in [3.63, 3.8) is 0 Å².